The fraction of sp³-hybridized carbons (Fsp3) is 0.667. The molecule has 13 heavy (non-hydrogen) atoms. The maximum Gasteiger partial charge on any atom is -0.00176 e. The van der Waals surface area contributed by atoms with Crippen LogP contribution in [-0.2, 0) is 0 Å². The second kappa shape index (κ2) is 7.37. The zero-order valence-electron chi connectivity index (χ0n) is 9.28. The normalized spacial score (nSPS) is 14.4. The molecule has 0 aliphatic carbocycles. The zero-order valence-corrected chi connectivity index (χ0v) is 10.9. The number of rotatable bonds is 5. The Hall–Kier alpha value is -0.0400. The molecule has 0 aliphatic heterocycles. The van der Waals surface area contributed by atoms with Crippen LogP contribution in [0.1, 0.15) is 53.4 Å². The first-order valence-corrected chi connectivity index (χ1v) is 6.07. The molecule has 0 aromatic carbocycles. The Morgan fingerprint density at radius 3 is 1.92 bits per heavy atom. The van der Waals surface area contributed by atoms with Gasteiger partial charge in [0.15, 0.2) is 0 Å². The molecule has 0 amide bonds. The summed E-state index contributed by atoms with van der Waals surface area (Å²) in [6.45, 7) is 8.85. The minimum absolute atomic E-state index is 1.10. The molecule has 0 N–H and O–H groups in total. The molecule has 76 valence electrons. The molecule has 0 aromatic rings. The molecule has 0 aliphatic rings. The zero-order chi connectivity index (χ0) is 10.3. The fourth-order valence-electron chi connectivity index (χ4n) is 1.53. The van der Waals surface area contributed by atoms with E-state index in [4.69, 9.17) is 0 Å². The average Bonchev–Trinajstić information content (AvgIpc) is 2.17. The maximum absolute atomic E-state index is 3.65. The quantitative estimate of drug-likeness (QED) is 0.584. The summed E-state index contributed by atoms with van der Waals surface area (Å²) in [7, 11) is 0. The second-order valence-corrected chi connectivity index (χ2v) is 4.04. The van der Waals surface area contributed by atoms with Gasteiger partial charge in [-0.2, -0.15) is 0 Å². The maximum atomic E-state index is 3.65. The van der Waals surface area contributed by atoms with Crippen molar-refractivity contribution in [1.82, 2.24) is 0 Å². The summed E-state index contributed by atoms with van der Waals surface area (Å²) in [5.41, 5.74) is 3.02. The third-order valence-electron chi connectivity index (χ3n) is 2.21. The molecule has 0 nitrogen and oxygen atoms in total. The molecule has 0 atom stereocenters. The molecular weight excluding hydrogens is 224 g/mol. The molecule has 0 bridgehead atoms. The van der Waals surface area contributed by atoms with Crippen LogP contribution < -0.4 is 0 Å². The molecule has 0 unspecified atom stereocenters. The minimum Gasteiger partial charge on any atom is -0.0813 e. The van der Waals surface area contributed by atoms with Gasteiger partial charge in [-0.05, 0) is 41.3 Å². The summed E-state index contributed by atoms with van der Waals surface area (Å²) in [6, 6.07) is 0. The largest absolute Gasteiger partial charge is 0.0813 e. The summed E-state index contributed by atoms with van der Waals surface area (Å²) in [5, 5.41) is 0. The van der Waals surface area contributed by atoms with Crippen molar-refractivity contribution in [2.75, 3.05) is 0 Å². The van der Waals surface area contributed by atoms with Gasteiger partial charge in [-0.15, -0.1) is 0 Å². The lowest BCUT2D eigenvalue weighted by molar-refractivity contribution is 0.980. The summed E-state index contributed by atoms with van der Waals surface area (Å²) in [5.74, 6) is 0. The molecule has 0 rings (SSSR count). The van der Waals surface area contributed by atoms with Gasteiger partial charge in [0.25, 0.3) is 0 Å². The molecule has 0 saturated heterocycles. The third-order valence-corrected chi connectivity index (χ3v) is 3.25. The second-order valence-electron chi connectivity index (χ2n) is 3.08. The predicted molar refractivity (Wildman–Crippen MR) is 65.2 cm³/mol. The van der Waals surface area contributed by atoms with Gasteiger partial charge in [-0.1, -0.05) is 49.7 Å². The smallest absolute Gasteiger partial charge is 0.00176 e. The standard InChI is InChI=1S/C12H21Br/c1-5-9-10(6-2)11(7-3)12(13)8-4/h9H,5-8H2,1-4H3. The van der Waals surface area contributed by atoms with Crippen LogP contribution in [0.25, 0.3) is 0 Å². The molecule has 0 fully saturated rings. The Labute approximate surface area is 91.2 Å². The summed E-state index contributed by atoms with van der Waals surface area (Å²) in [6.07, 6.45) is 6.86. The Balaban J connectivity index is 4.83. The summed E-state index contributed by atoms with van der Waals surface area (Å²) < 4.78 is 1.37. The first-order chi connectivity index (χ1) is 6.21. The van der Waals surface area contributed by atoms with Crippen LogP contribution in [0.5, 0.6) is 0 Å². The number of hydrogen-bond acceptors (Lipinski definition) is 0. The van der Waals surface area contributed by atoms with Gasteiger partial charge in [-0.3, -0.25) is 0 Å². The highest BCUT2D eigenvalue weighted by atomic mass is 79.9. The molecule has 0 aromatic heterocycles. The van der Waals surface area contributed by atoms with E-state index in [0.717, 1.165) is 25.7 Å². The molecule has 0 spiro atoms. The van der Waals surface area contributed by atoms with Crippen LogP contribution in [-0.4, -0.2) is 0 Å². The number of halogens is 1. The van der Waals surface area contributed by atoms with Crippen LogP contribution >= 0.6 is 15.9 Å². The minimum atomic E-state index is 1.10. The van der Waals surface area contributed by atoms with E-state index < -0.39 is 0 Å². The van der Waals surface area contributed by atoms with Crippen molar-refractivity contribution in [3.8, 4) is 0 Å². The lowest BCUT2D eigenvalue weighted by Crippen LogP contribution is -1.90. The molecule has 0 saturated carbocycles. The highest BCUT2D eigenvalue weighted by Crippen LogP contribution is 2.27. The van der Waals surface area contributed by atoms with Gasteiger partial charge in [0.2, 0.25) is 0 Å². The SMILES string of the molecule is CCC=C(CC)C(CC)=C(Br)CC. The summed E-state index contributed by atoms with van der Waals surface area (Å²) >= 11 is 3.65. The van der Waals surface area contributed by atoms with Crippen LogP contribution in [0.4, 0.5) is 0 Å². The van der Waals surface area contributed by atoms with E-state index in [1.54, 1.807) is 0 Å². The first kappa shape index (κ1) is 13.0. The number of allylic oxidation sites excluding steroid dienone is 4. The highest BCUT2D eigenvalue weighted by Gasteiger charge is 2.04. The Kier molecular flexibility index (Phi) is 7.35. The Bertz CT molecular complexity index is 199. The monoisotopic (exact) mass is 244 g/mol. The van der Waals surface area contributed by atoms with Gasteiger partial charge in [0.1, 0.15) is 0 Å². The van der Waals surface area contributed by atoms with Crippen molar-refractivity contribution in [1.29, 1.82) is 0 Å². The van der Waals surface area contributed by atoms with Crippen molar-refractivity contribution in [2.45, 2.75) is 53.4 Å². The average molecular weight is 245 g/mol. The summed E-state index contributed by atoms with van der Waals surface area (Å²) in [4.78, 5) is 0. The van der Waals surface area contributed by atoms with E-state index in [0.29, 0.717) is 0 Å². The lowest BCUT2D eigenvalue weighted by Gasteiger charge is -2.11. The molecular formula is C12H21Br. The van der Waals surface area contributed by atoms with Crippen molar-refractivity contribution in [2.24, 2.45) is 0 Å². The van der Waals surface area contributed by atoms with E-state index in [-0.39, 0.29) is 0 Å². The van der Waals surface area contributed by atoms with Gasteiger partial charge >= 0.3 is 0 Å². The van der Waals surface area contributed by atoms with Gasteiger partial charge in [-0.25, -0.2) is 0 Å². The van der Waals surface area contributed by atoms with E-state index in [2.05, 4.69) is 49.7 Å². The molecule has 1 heteroatoms. The van der Waals surface area contributed by atoms with Crippen molar-refractivity contribution >= 4 is 15.9 Å². The van der Waals surface area contributed by atoms with Gasteiger partial charge in [0.05, 0.1) is 0 Å². The van der Waals surface area contributed by atoms with Crippen molar-refractivity contribution in [3.63, 3.8) is 0 Å². The van der Waals surface area contributed by atoms with Crippen LogP contribution in [0.3, 0.4) is 0 Å². The Morgan fingerprint density at radius 2 is 1.62 bits per heavy atom. The predicted octanol–water partition coefficient (Wildman–Crippen LogP) is 5.20. The van der Waals surface area contributed by atoms with Gasteiger partial charge < -0.3 is 0 Å². The molecule has 0 heterocycles. The van der Waals surface area contributed by atoms with E-state index in [1.807, 2.05) is 0 Å². The van der Waals surface area contributed by atoms with E-state index >= 15 is 0 Å². The van der Waals surface area contributed by atoms with Crippen molar-refractivity contribution in [3.05, 3.63) is 21.7 Å². The fourth-order valence-corrected chi connectivity index (χ4v) is 2.07. The number of hydrogen-bond donors (Lipinski definition) is 0. The van der Waals surface area contributed by atoms with E-state index in [9.17, 15) is 0 Å². The Morgan fingerprint density at radius 1 is 1.00 bits per heavy atom. The topological polar surface area (TPSA) is 0 Å². The molecule has 0 radical (unpaired) electrons. The first-order valence-electron chi connectivity index (χ1n) is 5.27. The third kappa shape index (κ3) is 4.12. The van der Waals surface area contributed by atoms with Gasteiger partial charge in [0, 0.05) is 0 Å². The highest BCUT2D eigenvalue weighted by molar-refractivity contribution is 9.11. The lowest BCUT2D eigenvalue weighted by atomic mass is 9.99. The van der Waals surface area contributed by atoms with Crippen molar-refractivity contribution < 1.29 is 0 Å². The van der Waals surface area contributed by atoms with Crippen LogP contribution in [0.15, 0.2) is 21.7 Å². The van der Waals surface area contributed by atoms with Crippen LogP contribution in [0, 0.1) is 0 Å². The van der Waals surface area contributed by atoms with E-state index in [1.165, 1.54) is 15.6 Å². The van der Waals surface area contributed by atoms with Crippen LogP contribution in [0.2, 0.25) is 0 Å².